The molecule has 0 radical (unpaired) electrons. The molecule has 0 fully saturated rings. The molecule has 0 spiro atoms. The van der Waals surface area contributed by atoms with Gasteiger partial charge in [-0.1, -0.05) is 0 Å². The highest BCUT2D eigenvalue weighted by Crippen LogP contribution is 2.26. The van der Waals surface area contributed by atoms with Crippen LogP contribution in [0.5, 0.6) is 0 Å². The Kier molecular flexibility index (Phi) is 1.88. The standard InChI is InChI=1S/C8H4BrFN2O2/c1-2-5(10)3-4(6(9)11-2)8(14)12-7(3)13/h1H3,(H,12,13,14). The van der Waals surface area contributed by atoms with Crippen molar-refractivity contribution in [1.82, 2.24) is 10.3 Å². The molecule has 6 heteroatoms. The Labute approximate surface area is 86.6 Å². The zero-order valence-electron chi connectivity index (χ0n) is 7.02. The van der Waals surface area contributed by atoms with Gasteiger partial charge in [-0.25, -0.2) is 9.37 Å². The number of amides is 2. The van der Waals surface area contributed by atoms with E-state index in [-0.39, 0.29) is 21.4 Å². The molecule has 1 aromatic rings. The molecule has 0 bridgehead atoms. The molecule has 0 atom stereocenters. The van der Waals surface area contributed by atoms with Crippen molar-refractivity contribution in [1.29, 1.82) is 0 Å². The van der Waals surface area contributed by atoms with Crippen molar-refractivity contribution in [2.24, 2.45) is 0 Å². The van der Waals surface area contributed by atoms with Gasteiger partial charge in [0.2, 0.25) is 0 Å². The highest BCUT2D eigenvalue weighted by atomic mass is 79.9. The molecule has 2 rings (SSSR count). The minimum absolute atomic E-state index is 0.0295. The van der Waals surface area contributed by atoms with Gasteiger partial charge < -0.3 is 0 Å². The van der Waals surface area contributed by atoms with Crippen LogP contribution in [0.1, 0.15) is 26.4 Å². The number of pyridine rings is 1. The number of hydrogen-bond acceptors (Lipinski definition) is 3. The van der Waals surface area contributed by atoms with Gasteiger partial charge in [-0.15, -0.1) is 0 Å². The van der Waals surface area contributed by atoms with Crippen LogP contribution in [0, 0.1) is 12.7 Å². The van der Waals surface area contributed by atoms with Crippen molar-refractivity contribution < 1.29 is 14.0 Å². The zero-order chi connectivity index (χ0) is 10.5. The van der Waals surface area contributed by atoms with Crippen molar-refractivity contribution in [3.8, 4) is 0 Å². The van der Waals surface area contributed by atoms with Gasteiger partial charge in [0.1, 0.15) is 4.60 Å². The lowest BCUT2D eigenvalue weighted by atomic mass is 10.1. The van der Waals surface area contributed by atoms with Crippen molar-refractivity contribution in [3.05, 3.63) is 27.2 Å². The molecule has 2 heterocycles. The lowest BCUT2D eigenvalue weighted by Crippen LogP contribution is -2.20. The maximum absolute atomic E-state index is 13.4. The highest BCUT2D eigenvalue weighted by Gasteiger charge is 2.34. The first-order valence-electron chi connectivity index (χ1n) is 3.73. The predicted octanol–water partition coefficient (Wildman–Crippen LogP) is 1.18. The quantitative estimate of drug-likeness (QED) is 0.562. The van der Waals surface area contributed by atoms with Crippen LogP contribution in [-0.4, -0.2) is 16.8 Å². The van der Waals surface area contributed by atoms with Gasteiger partial charge in [-0.2, -0.15) is 0 Å². The van der Waals surface area contributed by atoms with Gasteiger partial charge in [0.25, 0.3) is 11.8 Å². The Morgan fingerprint density at radius 1 is 1.29 bits per heavy atom. The number of aryl methyl sites for hydroxylation is 1. The first kappa shape index (κ1) is 9.26. The number of hydrogen-bond donors (Lipinski definition) is 1. The van der Waals surface area contributed by atoms with Gasteiger partial charge in [0.05, 0.1) is 16.8 Å². The molecule has 0 saturated heterocycles. The Morgan fingerprint density at radius 3 is 2.50 bits per heavy atom. The number of carbonyl (C=O) groups excluding carboxylic acids is 2. The summed E-state index contributed by atoms with van der Waals surface area (Å²) < 4.78 is 13.6. The Bertz CT molecular complexity index is 473. The van der Waals surface area contributed by atoms with Gasteiger partial charge in [-0.05, 0) is 22.9 Å². The lowest BCUT2D eigenvalue weighted by molar-refractivity contribution is 0.0878. The van der Waals surface area contributed by atoms with Crippen molar-refractivity contribution in [3.63, 3.8) is 0 Å². The van der Waals surface area contributed by atoms with Crippen LogP contribution in [-0.2, 0) is 0 Å². The number of aromatic nitrogens is 1. The van der Waals surface area contributed by atoms with Gasteiger partial charge in [-0.3, -0.25) is 14.9 Å². The van der Waals surface area contributed by atoms with E-state index in [9.17, 15) is 14.0 Å². The Balaban J connectivity index is 2.86. The van der Waals surface area contributed by atoms with E-state index in [2.05, 4.69) is 20.9 Å². The monoisotopic (exact) mass is 258 g/mol. The summed E-state index contributed by atoms with van der Waals surface area (Å²) >= 11 is 3.01. The number of halogens is 2. The molecule has 14 heavy (non-hydrogen) atoms. The van der Waals surface area contributed by atoms with E-state index in [1.165, 1.54) is 6.92 Å². The second-order valence-corrected chi connectivity index (χ2v) is 3.59. The SMILES string of the molecule is Cc1nc(Br)c2c(c1F)C(=O)NC2=O. The number of nitrogens with one attached hydrogen (secondary N) is 1. The number of fused-ring (bicyclic) bond motifs is 1. The van der Waals surface area contributed by atoms with Gasteiger partial charge in [0, 0.05) is 0 Å². The molecule has 0 saturated carbocycles. The average Bonchev–Trinajstić information content (AvgIpc) is 2.38. The van der Waals surface area contributed by atoms with Crippen LogP contribution in [0.4, 0.5) is 4.39 Å². The summed E-state index contributed by atoms with van der Waals surface area (Å²) in [6.07, 6.45) is 0. The van der Waals surface area contributed by atoms with E-state index in [0.29, 0.717) is 0 Å². The maximum Gasteiger partial charge on any atom is 0.262 e. The summed E-state index contributed by atoms with van der Waals surface area (Å²) in [5, 5.41) is 2.00. The molecule has 1 aliphatic heterocycles. The summed E-state index contributed by atoms with van der Waals surface area (Å²) in [4.78, 5) is 26.1. The number of nitrogens with zero attached hydrogens (tertiary/aromatic N) is 1. The summed E-state index contributed by atoms with van der Waals surface area (Å²) in [6.45, 7) is 1.43. The van der Waals surface area contributed by atoms with Crippen LogP contribution >= 0.6 is 15.9 Å². The molecule has 72 valence electrons. The average molecular weight is 259 g/mol. The second-order valence-electron chi connectivity index (χ2n) is 2.84. The summed E-state index contributed by atoms with van der Waals surface area (Å²) in [7, 11) is 0. The fourth-order valence-electron chi connectivity index (χ4n) is 1.29. The third-order valence-electron chi connectivity index (χ3n) is 1.94. The maximum atomic E-state index is 13.4. The second kappa shape index (κ2) is 2.84. The van der Waals surface area contributed by atoms with Crippen molar-refractivity contribution >= 4 is 27.7 Å². The van der Waals surface area contributed by atoms with Crippen LogP contribution in [0.25, 0.3) is 0 Å². The number of rotatable bonds is 0. The van der Waals surface area contributed by atoms with Gasteiger partial charge >= 0.3 is 0 Å². The summed E-state index contributed by atoms with van der Waals surface area (Å²) in [5.41, 5.74) is -0.173. The van der Waals surface area contributed by atoms with E-state index < -0.39 is 17.6 Å². The fraction of sp³-hybridized carbons (Fsp3) is 0.125. The molecule has 1 N–H and O–H groups in total. The van der Waals surface area contributed by atoms with Crippen LogP contribution < -0.4 is 5.32 Å². The van der Waals surface area contributed by atoms with E-state index >= 15 is 0 Å². The largest absolute Gasteiger partial charge is 0.288 e. The molecule has 0 aliphatic carbocycles. The topological polar surface area (TPSA) is 59.1 Å². The first-order valence-corrected chi connectivity index (χ1v) is 4.53. The minimum Gasteiger partial charge on any atom is -0.288 e. The molecule has 0 aromatic carbocycles. The van der Waals surface area contributed by atoms with Crippen LogP contribution in [0.15, 0.2) is 4.60 Å². The van der Waals surface area contributed by atoms with E-state index in [0.717, 1.165) is 0 Å². The fourth-order valence-corrected chi connectivity index (χ4v) is 1.94. The lowest BCUT2D eigenvalue weighted by Gasteiger charge is -2.01. The Hall–Kier alpha value is -1.30. The van der Waals surface area contributed by atoms with Crippen molar-refractivity contribution in [2.75, 3.05) is 0 Å². The zero-order valence-corrected chi connectivity index (χ0v) is 8.61. The van der Waals surface area contributed by atoms with Gasteiger partial charge in [0.15, 0.2) is 5.82 Å². The molecular weight excluding hydrogens is 255 g/mol. The number of imide groups is 1. The van der Waals surface area contributed by atoms with E-state index in [1.54, 1.807) is 0 Å². The Morgan fingerprint density at radius 2 is 1.86 bits per heavy atom. The summed E-state index contributed by atoms with van der Waals surface area (Å²) in [6, 6.07) is 0. The molecule has 2 amide bonds. The van der Waals surface area contributed by atoms with Crippen LogP contribution in [0.2, 0.25) is 0 Å². The predicted molar refractivity (Wildman–Crippen MR) is 48.4 cm³/mol. The minimum atomic E-state index is -0.744. The third kappa shape index (κ3) is 1.07. The molecule has 0 unspecified atom stereocenters. The molecular formula is C8H4BrFN2O2. The molecule has 1 aromatic heterocycles. The first-order chi connectivity index (χ1) is 6.52. The van der Waals surface area contributed by atoms with Crippen LogP contribution in [0.3, 0.4) is 0 Å². The van der Waals surface area contributed by atoms with E-state index in [1.807, 2.05) is 5.32 Å². The summed E-state index contributed by atoms with van der Waals surface area (Å²) in [5.74, 6) is -2.08. The molecule has 4 nitrogen and oxygen atoms in total. The highest BCUT2D eigenvalue weighted by molar-refractivity contribution is 9.10. The third-order valence-corrected chi connectivity index (χ3v) is 2.51. The number of carbonyl (C=O) groups is 2. The molecule has 1 aliphatic rings. The normalized spacial score (nSPS) is 14.2. The van der Waals surface area contributed by atoms with E-state index in [4.69, 9.17) is 0 Å². The smallest absolute Gasteiger partial charge is 0.262 e. The van der Waals surface area contributed by atoms with Crippen molar-refractivity contribution in [2.45, 2.75) is 6.92 Å².